The van der Waals surface area contributed by atoms with Crippen LogP contribution in [0.4, 0.5) is 5.82 Å². The van der Waals surface area contributed by atoms with Crippen molar-refractivity contribution in [1.82, 2.24) is 19.5 Å². The van der Waals surface area contributed by atoms with Crippen LogP contribution in [0.25, 0.3) is 11.2 Å². The lowest BCUT2D eigenvalue weighted by molar-refractivity contribution is -0.127. The van der Waals surface area contributed by atoms with Gasteiger partial charge < -0.3 is 26.4 Å². The minimum absolute atomic E-state index is 0.0529. The number of hydrogen-bond donors (Lipinski definition) is 4. The van der Waals surface area contributed by atoms with Gasteiger partial charge in [-0.05, 0) is 26.7 Å². The van der Waals surface area contributed by atoms with Crippen LogP contribution in [-0.2, 0) is 4.74 Å². The Bertz CT molecular complexity index is 618. The van der Waals surface area contributed by atoms with Crippen molar-refractivity contribution in [3.05, 3.63) is 12.7 Å². The summed E-state index contributed by atoms with van der Waals surface area (Å²) >= 11 is 0. The molecule has 2 atom stereocenters. The molecule has 6 N–H and O–H groups in total. The molecule has 0 radical (unpaired) electrons. The van der Waals surface area contributed by atoms with Crippen molar-refractivity contribution in [1.29, 1.82) is 0 Å². The van der Waals surface area contributed by atoms with E-state index in [2.05, 4.69) is 15.0 Å². The first-order valence-electron chi connectivity index (χ1n) is 7.03. The predicted octanol–water partition coefficient (Wildman–Crippen LogP) is -0.248. The van der Waals surface area contributed by atoms with Gasteiger partial charge in [-0.3, -0.25) is 4.57 Å². The number of anilines is 1. The van der Waals surface area contributed by atoms with Crippen molar-refractivity contribution in [3.63, 3.8) is 0 Å². The molecule has 0 aliphatic carbocycles. The van der Waals surface area contributed by atoms with Gasteiger partial charge in [-0.15, -0.1) is 0 Å². The summed E-state index contributed by atoms with van der Waals surface area (Å²) < 4.78 is 7.69. The number of ether oxygens (including phenoxy) is 1. The van der Waals surface area contributed by atoms with Gasteiger partial charge in [-0.1, -0.05) is 0 Å². The van der Waals surface area contributed by atoms with Crippen molar-refractivity contribution in [2.45, 2.75) is 44.8 Å². The number of hydrogen-bond acceptors (Lipinski definition) is 8. The zero-order valence-electron chi connectivity index (χ0n) is 12.7. The molecule has 0 aromatic carbocycles. The molecule has 22 heavy (non-hydrogen) atoms. The van der Waals surface area contributed by atoms with Crippen LogP contribution in [0.3, 0.4) is 0 Å². The van der Waals surface area contributed by atoms with Crippen LogP contribution < -0.4 is 11.5 Å². The third kappa shape index (κ3) is 4.10. The number of aromatic nitrogens is 4. The SMILES string of the molecule is CC(C)(O)O.NCC1CCC(n2cnc3c(N)ncnc32)O1. The highest BCUT2D eigenvalue weighted by Crippen LogP contribution is 2.30. The number of nitrogen functional groups attached to an aromatic ring is 1. The van der Waals surface area contributed by atoms with E-state index in [0.717, 1.165) is 12.8 Å². The first kappa shape index (κ1) is 16.6. The molecule has 1 aliphatic heterocycles. The van der Waals surface area contributed by atoms with Crippen LogP contribution in [-0.4, -0.2) is 48.2 Å². The second kappa shape index (κ2) is 6.53. The fourth-order valence-corrected chi connectivity index (χ4v) is 2.15. The van der Waals surface area contributed by atoms with Gasteiger partial charge in [-0.2, -0.15) is 0 Å². The zero-order chi connectivity index (χ0) is 16.3. The Morgan fingerprint density at radius 1 is 1.32 bits per heavy atom. The molecule has 1 fully saturated rings. The van der Waals surface area contributed by atoms with Crippen LogP contribution >= 0.6 is 0 Å². The fraction of sp³-hybridized carbons (Fsp3) is 0.615. The lowest BCUT2D eigenvalue weighted by Gasteiger charge is -2.13. The monoisotopic (exact) mass is 310 g/mol. The largest absolute Gasteiger partial charge is 0.382 e. The summed E-state index contributed by atoms with van der Waals surface area (Å²) in [5.74, 6) is -1.11. The third-order valence-corrected chi connectivity index (χ3v) is 3.05. The zero-order valence-corrected chi connectivity index (χ0v) is 12.7. The molecule has 9 heteroatoms. The first-order chi connectivity index (χ1) is 10.3. The Hall–Kier alpha value is -1.81. The summed E-state index contributed by atoms with van der Waals surface area (Å²) in [5.41, 5.74) is 12.7. The standard InChI is InChI=1S/C10H14N6O.C3H8O2/c11-3-6-1-2-7(17-6)16-5-15-8-9(12)13-4-14-10(8)16;1-3(2,4)5/h4-7H,1-3,11H2,(H2,12,13,14);4-5H,1-2H3. The number of aliphatic hydroxyl groups is 2. The lowest BCUT2D eigenvalue weighted by Crippen LogP contribution is -2.20. The molecule has 122 valence electrons. The molecule has 2 aromatic rings. The second-order valence-electron chi connectivity index (χ2n) is 5.60. The highest BCUT2D eigenvalue weighted by atomic mass is 16.5. The predicted molar refractivity (Wildman–Crippen MR) is 80.5 cm³/mol. The summed E-state index contributed by atoms with van der Waals surface area (Å²) in [6.07, 6.45) is 5.07. The molecule has 3 rings (SSSR count). The molecule has 2 unspecified atom stereocenters. The summed E-state index contributed by atoms with van der Waals surface area (Å²) in [7, 11) is 0. The number of imidazole rings is 1. The van der Waals surface area contributed by atoms with E-state index in [1.54, 1.807) is 6.33 Å². The topological polar surface area (TPSA) is 145 Å². The maximum atomic E-state index is 8.08. The average Bonchev–Trinajstić information content (AvgIpc) is 3.02. The lowest BCUT2D eigenvalue weighted by atomic mass is 10.2. The molecular formula is C13H22N6O3. The van der Waals surface area contributed by atoms with E-state index in [4.69, 9.17) is 26.4 Å². The van der Waals surface area contributed by atoms with E-state index in [1.807, 2.05) is 4.57 Å². The van der Waals surface area contributed by atoms with Crippen LogP contribution in [0, 0.1) is 0 Å². The molecule has 0 saturated carbocycles. The third-order valence-electron chi connectivity index (χ3n) is 3.05. The molecule has 0 bridgehead atoms. The van der Waals surface area contributed by atoms with E-state index in [-0.39, 0.29) is 12.3 Å². The van der Waals surface area contributed by atoms with Crippen LogP contribution in [0.5, 0.6) is 0 Å². The van der Waals surface area contributed by atoms with E-state index in [1.165, 1.54) is 20.2 Å². The molecule has 2 aromatic heterocycles. The summed E-state index contributed by atoms with van der Waals surface area (Å²) in [4.78, 5) is 12.3. The van der Waals surface area contributed by atoms with Gasteiger partial charge in [0.05, 0.1) is 12.4 Å². The van der Waals surface area contributed by atoms with Crippen LogP contribution in [0.15, 0.2) is 12.7 Å². The Balaban J connectivity index is 0.000000309. The van der Waals surface area contributed by atoms with Gasteiger partial charge in [0, 0.05) is 6.54 Å². The number of nitrogens with zero attached hydrogens (tertiary/aromatic N) is 4. The fourth-order valence-electron chi connectivity index (χ4n) is 2.15. The average molecular weight is 310 g/mol. The quantitative estimate of drug-likeness (QED) is 0.556. The molecule has 1 aliphatic rings. The highest BCUT2D eigenvalue weighted by molar-refractivity contribution is 5.81. The molecule has 3 heterocycles. The number of rotatable bonds is 2. The minimum Gasteiger partial charge on any atom is -0.382 e. The van der Waals surface area contributed by atoms with Gasteiger partial charge >= 0.3 is 0 Å². The smallest absolute Gasteiger partial charge is 0.167 e. The summed E-state index contributed by atoms with van der Waals surface area (Å²) in [5, 5.41) is 16.2. The van der Waals surface area contributed by atoms with Gasteiger partial charge in [0.1, 0.15) is 18.1 Å². The van der Waals surface area contributed by atoms with E-state index in [9.17, 15) is 0 Å². The molecule has 1 saturated heterocycles. The van der Waals surface area contributed by atoms with E-state index in [0.29, 0.717) is 23.5 Å². The maximum Gasteiger partial charge on any atom is 0.167 e. The van der Waals surface area contributed by atoms with Gasteiger partial charge in [0.25, 0.3) is 0 Å². The van der Waals surface area contributed by atoms with Gasteiger partial charge in [0.2, 0.25) is 0 Å². The molecule has 0 amide bonds. The number of fused-ring (bicyclic) bond motifs is 1. The summed E-state index contributed by atoms with van der Waals surface area (Å²) in [6, 6.07) is 0. The normalized spacial score (nSPS) is 21.7. The van der Waals surface area contributed by atoms with Crippen LogP contribution in [0.1, 0.15) is 32.9 Å². The van der Waals surface area contributed by atoms with Crippen LogP contribution in [0.2, 0.25) is 0 Å². The Morgan fingerprint density at radius 3 is 2.59 bits per heavy atom. The summed E-state index contributed by atoms with van der Waals surface area (Å²) in [6.45, 7) is 3.14. The Morgan fingerprint density at radius 2 is 2.00 bits per heavy atom. The van der Waals surface area contributed by atoms with Crippen molar-refractivity contribution >= 4 is 17.0 Å². The van der Waals surface area contributed by atoms with Gasteiger partial charge in [-0.25, -0.2) is 15.0 Å². The highest BCUT2D eigenvalue weighted by Gasteiger charge is 2.27. The molecular weight excluding hydrogens is 288 g/mol. The van der Waals surface area contributed by atoms with Crippen molar-refractivity contribution in [3.8, 4) is 0 Å². The maximum absolute atomic E-state index is 8.08. The van der Waals surface area contributed by atoms with Gasteiger partial charge in [0.15, 0.2) is 17.3 Å². The number of nitrogens with two attached hydrogens (primary N) is 2. The minimum atomic E-state index is -1.50. The molecule has 9 nitrogen and oxygen atoms in total. The van der Waals surface area contributed by atoms with E-state index >= 15 is 0 Å². The Kier molecular flexibility index (Phi) is 4.91. The second-order valence-corrected chi connectivity index (χ2v) is 5.60. The first-order valence-corrected chi connectivity index (χ1v) is 7.03. The van der Waals surface area contributed by atoms with Crippen molar-refractivity contribution in [2.24, 2.45) is 5.73 Å². The van der Waals surface area contributed by atoms with Crippen molar-refractivity contribution < 1.29 is 14.9 Å². The molecule has 0 spiro atoms. The van der Waals surface area contributed by atoms with E-state index < -0.39 is 5.79 Å². The Labute approximate surface area is 127 Å². The van der Waals surface area contributed by atoms with Crippen molar-refractivity contribution in [2.75, 3.05) is 12.3 Å².